The largest absolute Gasteiger partial charge is 0.508 e. The van der Waals surface area contributed by atoms with Gasteiger partial charge in [-0.2, -0.15) is 0 Å². The topological polar surface area (TPSA) is 40.5 Å². The first-order valence-electron chi connectivity index (χ1n) is 5.10. The second-order valence-electron chi connectivity index (χ2n) is 3.62. The van der Waals surface area contributed by atoms with Gasteiger partial charge < -0.3 is 10.2 Å². The number of hydrogen-bond donors (Lipinski definition) is 2. The highest BCUT2D eigenvalue weighted by atomic mass is 35.5. The Morgan fingerprint density at radius 1 is 0.765 bits per heavy atom. The Labute approximate surface area is 104 Å². The maximum absolute atomic E-state index is 9.23. The molecular weight excluding hydrogens is 236 g/mol. The molecule has 0 atom stereocenters. The van der Waals surface area contributed by atoms with E-state index in [0.717, 1.165) is 16.7 Å². The van der Waals surface area contributed by atoms with E-state index in [9.17, 15) is 10.2 Å². The van der Waals surface area contributed by atoms with Gasteiger partial charge in [-0.15, -0.1) is 0 Å². The molecule has 2 aromatic carbocycles. The fourth-order valence-electron chi connectivity index (χ4n) is 1.57. The van der Waals surface area contributed by atoms with Crippen molar-refractivity contribution in [2.75, 3.05) is 0 Å². The third-order valence-corrected chi connectivity index (χ3v) is 2.68. The number of rotatable bonds is 2. The molecule has 2 nitrogen and oxygen atoms in total. The Bertz CT molecular complexity index is 480. The lowest BCUT2D eigenvalue weighted by Gasteiger charge is -2.07. The Hall–Kier alpha value is -1.93. The van der Waals surface area contributed by atoms with Gasteiger partial charge in [0.2, 0.25) is 0 Å². The summed E-state index contributed by atoms with van der Waals surface area (Å²) in [7, 11) is 0. The van der Waals surface area contributed by atoms with Crippen molar-refractivity contribution in [3.63, 3.8) is 0 Å². The molecule has 2 rings (SSSR count). The van der Waals surface area contributed by atoms with Gasteiger partial charge in [0, 0.05) is 11.1 Å². The lowest BCUT2D eigenvalue weighted by Crippen LogP contribution is -1.86. The van der Waals surface area contributed by atoms with E-state index in [1.807, 2.05) is 0 Å². The van der Waals surface area contributed by atoms with E-state index >= 15 is 0 Å². The molecule has 0 unspecified atom stereocenters. The van der Waals surface area contributed by atoms with Gasteiger partial charge in [-0.25, -0.2) is 0 Å². The van der Waals surface area contributed by atoms with Crippen LogP contribution in [-0.4, -0.2) is 10.2 Å². The van der Waals surface area contributed by atoms with Crippen LogP contribution in [0.3, 0.4) is 0 Å². The summed E-state index contributed by atoms with van der Waals surface area (Å²) in [6, 6.07) is 13.6. The quantitative estimate of drug-likeness (QED) is 0.848. The SMILES string of the molecule is Oc1ccc(C(=CCl)c2ccc(O)cc2)cc1. The van der Waals surface area contributed by atoms with Crippen molar-refractivity contribution in [1.29, 1.82) is 0 Å². The van der Waals surface area contributed by atoms with Crippen LogP contribution in [-0.2, 0) is 0 Å². The van der Waals surface area contributed by atoms with Gasteiger partial charge in [0.1, 0.15) is 11.5 Å². The Morgan fingerprint density at radius 2 is 1.12 bits per heavy atom. The molecule has 0 fully saturated rings. The van der Waals surface area contributed by atoms with Gasteiger partial charge in [0.05, 0.1) is 0 Å². The maximum atomic E-state index is 9.23. The van der Waals surface area contributed by atoms with Crippen molar-refractivity contribution in [3.8, 4) is 11.5 Å². The molecule has 0 aliphatic heterocycles. The molecule has 0 bridgehead atoms. The molecule has 0 amide bonds. The molecule has 0 saturated carbocycles. The van der Waals surface area contributed by atoms with Crippen molar-refractivity contribution < 1.29 is 10.2 Å². The van der Waals surface area contributed by atoms with E-state index in [1.54, 1.807) is 48.5 Å². The van der Waals surface area contributed by atoms with Crippen molar-refractivity contribution in [3.05, 3.63) is 65.2 Å². The average molecular weight is 247 g/mol. The third kappa shape index (κ3) is 2.60. The molecule has 86 valence electrons. The molecule has 0 radical (unpaired) electrons. The maximum Gasteiger partial charge on any atom is 0.115 e. The first kappa shape index (κ1) is 11.6. The fraction of sp³-hybridized carbons (Fsp3) is 0. The van der Waals surface area contributed by atoms with Gasteiger partial charge in [0.25, 0.3) is 0 Å². The number of halogens is 1. The normalized spacial score (nSPS) is 9.94. The molecule has 0 aromatic heterocycles. The number of phenolic OH excluding ortho intramolecular Hbond substituents is 2. The average Bonchev–Trinajstić information content (AvgIpc) is 2.35. The van der Waals surface area contributed by atoms with Gasteiger partial charge in [-0.3, -0.25) is 0 Å². The van der Waals surface area contributed by atoms with Gasteiger partial charge in [0.15, 0.2) is 0 Å². The third-order valence-electron chi connectivity index (χ3n) is 2.47. The molecule has 0 aliphatic rings. The number of benzene rings is 2. The van der Waals surface area contributed by atoms with Crippen LogP contribution >= 0.6 is 11.6 Å². The molecule has 0 spiro atoms. The van der Waals surface area contributed by atoms with Gasteiger partial charge in [-0.05, 0) is 35.4 Å². The minimum absolute atomic E-state index is 0.216. The van der Waals surface area contributed by atoms with Crippen molar-refractivity contribution in [2.45, 2.75) is 0 Å². The predicted octanol–water partition coefficient (Wildman–Crippen LogP) is 3.73. The van der Waals surface area contributed by atoms with Gasteiger partial charge in [-0.1, -0.05) is 35.9 Å². The van der Waals surface area contributed by atoms with E-state index in [-0.39, 0.29) is 11.5 Å². The van der Waals surface area contributed by atoms with Crippen molar-refractivity contribution in [1.82, 2.24) is 0 Å². The predicted molar refractivity (Wildman–Crippen MR) is 69.1 cm³/mol. The Balaban J connectivity index is 2.41. The second-order valence-corrected chi connectivity index (χ2v) is 3.83. The smallest absolute Gasteiger partial charge is 0.115 e. The summed E-state index contributed by atoms with van der Waals surface area (Å²) >= 11 is 5.83. The molecule has 3 heteroatoms. The van der Waals surface area contributed by atoms with E-state index in [1.165, 1.54) is 5.54 Å². The van der Waals surface area contributed by atoms with Crippen LogP contribution in [0, 0.1) is 0 Å². The molecule has 0 aliphatic carbocycles. The highest BCUT2D eigenvalue weighted by Crippen LogP contribution is 2.26. The van der Waals surface area contributed by atoms with E-state index in [0.29, 0.717) is 0 Å². The molecular formula is C14H11ClO2. The standard InChI is InChI=1S/C14H11ClO2/c15-9-14(10-1-5-12(16)6-2-10)11-3-7-13(17)8-4-11/h1-9,16-17H. The summed E-state index contributed by atoms with van der Waals surface area (Å²) in [5, 5.41) is 18.5. The minimum Gasteiger partial charge on any atom is -0.508 e. The van der Waals surface area contributed by atoms with Crippen LogP contribution in [0.25, 0.3) is 5.57 Å². The summed E-state index contributed by atoms with van der Waals surface area (Å²) < 4.78 is 0. The van der Waals surface area contributed by atoms with Crippen molar-refractivity contribution >= 4 is 17.2 Å². The highest BCUT2D eigenvalue weighted by molar-refractivity contribution is 6.29. The van der Waals surface area contributed by atoms with E-state index in [2.05, 4.69) is 0 Å². The molecule has 2 N–H and O–H groups in total. The van der Waals surface area contributed by atoms with E-state index < -0.39 is 0 Å². The zero-order valence-electron chi connectivity index (χ0n) is 8.97. The molecule has 0 heterocycles. The first-order valence-corrected chi connectivity index (χ1v) is 5.53. The van der Waals surface area contributed by atoms with Crippen molar-refractivity contribution in [2.24, 2.45) is 0 Å². The first-order chi connectivity index (χ1) is 8.20. The fourth-order valence-corrected chi connectivity index (χ4v) is 1.83. The number of aromatic hydroxyl groups is 2. The summed E-state index contributed by atoms with van der Waals surface area (Å²) in [4.78, 5) is 0. The lowest BCUT2D eigenvalue weighted by molar-refractivity contribution is 0.475. The highest BCUT2D eigenvalue weighted by Gasteiger charge is 2.04. The summed E-state index contributed by atoms with van der Waals surface area (Å²) in [5.41, 5.74) is 4.14. The monoisotopic (exact) mass is 246 g/mol. The molecule has 2 aromatic rings. The molecule has 0 saturated heterocycles. The van der Waals surface area contributed by atoms with Crippen LogP contribution in [0.5, 0.6) is 11.5 Å². The lowest BCUT2D eigenvalue weighted by atomic mass is 9.99. The summed E-state index contributed by atoms with van der Waals surface area (Å²) in [6.45, 7) is 0. The van der Waals surface area contributed by atoms with Crippen LogP contribution in [0.2, 0.25) is 0 Å². The summed E-state index contributed by atoms with van der Waals surface area (Å²) in [6.07, 6.45) is 0. The Kier molecular flexibility index (Phi) is 3.35. The van der Waals surface area contributed by atoms with Crippen LogP contribution in [0.15, 0.2) is 54.1 Å². The Morgan fingerprint density at radius 3 is 1.41 bits per heavy atom. The zero-order chi connectivity index (χ0) is 12.3. The van der Waals surface area contributed by atoms with E-state index in [4.69, 9.17) is 11.6 Å². The van der Waals surface area contributed by atoms with Gasteiger partial charge >= 0.3 is 0 Å². The van der Waals surface area contributed by atoms with Crippen LogP contribution < -0.4 is 0 Å². The number of hydrogen-bond acceptors (Lipinski definition) is 2. The second kappa shape index (κ2) is 4.93. The zero-order valence-corrected chi connectivity index (χ0v) is 9.72. The summed E-state index contributed by atoms with van der Waals surface area (Å²) in [5.74, 6) is 0.432. The van der Waals surface area contributed by atoms with Crippen LogP contribution in [0.4, 0.5) is 0 Å². The van der Waals surface area contributed by atoms with Crippen LogP contribution in [0.1, 0.15) is 11.1 Å². The molecule has 17 heavy (non-hydrogen) atoms. The number of phenols is 2. The minimum atomic E-state index is 0.216.